The maximum absolute atomic E-state index is 13.3. The molecule has 0 bridgehead atoms. The van der Waals surface area contributed by atoms with Crippen LogP contribution in [0.2, 0.25) is 0 Å². The number of hydrogen-bond acceptors (Lipinski definition) is 3. The van der Waals surface area contributed by atoms with Gasteiger partial charge >= 0.3 is 0 Å². The van der Waals surface area contributed by atoms with E-state index in [1.54, 1.807) is 0 Å². The molecule has 0 unspecified atom stereocenters. The summed E-state index contributed by atoms with van der Waals surface area (Å²) < 4.78 is 0. The first-order valence-electron chi connectivity index (χ1n) is 10.6. The predicted octanol–water partition coefficient (Wildman–Crippen LogP) is 4.68. The minimum absolute atomic E-state index is 0.0884. The van der Waals surface area contributed by atoms with Gasteiger partial charge in [-0.3, -0.25) is 9.59 Å². The lowest BCUT2D eigenvalue weighted by atomic mass is 9.94. The van der Waals surface area contributed by atoms with E-state index >= 15 is 0 Å². The molecule has 1 fully saturated rings. The maximum atomic E-state index is 13.3. The van der Waals surface area contributed by atoms with Crippen molar-refractivity contribution in [3.05, 3.63) is 59.7 Å². The SMILES string of the molecule is CN(C)c1ccc(NC(=O)C2CC2)cc1CN(Cc1ccccc1)C(=O)C(C)(C)C. The predicted molar refractivity (Wildman–Crippen MR) is 122 cm³/mol. The van der Waals surface area contributed by atoms with Gasteiger partial charge < -0.3 is 15.1 Å². The number of hydrogen-bond donors (Lipinski definition) is 1. The molecule has 1 aliphatic rings. The minimum Gasteiger partial charge on any atom is -0.377 e. The van der Waals surface area contributed by atoms with Crippen molar-refractivity contribution in [1.29, 1.82) is 0 Å². The van der Waals surface area contributed by atoms with Crippen molar-refractivity contribution in [2.24, 2.45) is 11.3 Å². The second-order valence-electron chi connectivity index (χ2n) is 9.40. The van der Waals surface area contributed by atoms with Gasteiger partial charge in [-0.25, -0.2) is 0 Å². The summed E-state index contributed by atoms with van der Waals surface area (Å²) in [6.45, 7) is 6.87. The Balaban J connectivity index is 1.90. The molecule has 0 radical (unpaired) electrons. The lowest BCUT2D eigenvalue weighted by molar-refractivity contribution is -0.140. The van der Waals surface area contributed by atoms with Gasteiger partial charge in [0.15, 0.2) is 0 Å². The number of carbonyl (C=O) groups is 2. The quantitative estimate of drug-likeness (QED) is 0.725. The summed E-state index contributed by atoms with van der Waals surface area (Å²) >= 11 is 0. The van der Waals surface area contributed by atoms with Gasteiger partial charge in [0.1, 0.15) is 0 Å². The monoisotopic (exact) mass is 407 g/mol. The van der Waals surface area contributed by atoms with E-state index in [-0.39, 0.29) is 17.7 Å². The van der Waals surface area contributed by atoms with Gasteiger partial charge in [0.05, 0.1) is 0 Å². The topological polar surface area (TPSA) is 52.7 Å². The van der Waals surface area contributed by atoms with E-state index < -0.39 is 5.41 Å². The van der Waals surface area contributed by atoms with Crippen LogP contribution in [-0.4, -0.2) is 30.8 Å². The second-order valence-corrected chi connectivity index (χ2v) is 9.40. The fraction of sp³-hybridized carbons (Fsp3) is 0.440. The Morgan fingerprint density at radius 3 is 2.23 bits per heavy atom. The fourth-order valence-corrected chi connectivity index (χ4v) is 3.50. The van der Waals surface area contributed by atoms with Crippen LogP contribution >= 0.6 is 0 Å². The molecule has 0 aliphatic heterocycles. The van der Waals surface area contributed by atoms with Crippen LogP contribution in [0.5, 0.6) is 0 Å². The van der Waals surface area contributed by atoms with Gasteiger partial charge in [0, 0.05) is 49.9 Å². The molecular weight excluding hydrogens is 374 g/mol. The van der Waals surface area contributed by atoms with Crippen LogP contribution in [-0.2, 0) is 22.7 Å². The summed E-state index contributed by atoms with van der Waals surface area (Å²) in [5, 5.41) is 3.03. The van der Waals surface area contributed by atoms with Crippen LogP contribution in [0.1, 0.15) is 44.7 Å². The van der Waals surface area contributed by atoms with E-state index in [1.807, 2.05) is 93.2 Å². The third-order valence-corrected chi connectivity index (χ3v) is 5.28. The fourth-order valence-electron chi connectivity index (χ4n) is 3.50. The van der Waals surface area contributed by atoms with Crippen LogP contribution in [0, 0.1) is 11.3 Å². The number of nitrogens with one attached hydrogen (secondary N) is 1. The molecule has 1 N–H and O–H groups in total. The van der Waals surface area contributed by atoms with Crippen molar-refractivity contribution >= 4 is 23.2 Å². The molecule has 30 heavy (non-hydrogen) atoms. The number of nitrogens with zero attached hydrogens (tertiary/aromatic N) is 2. The minimum atomic E-state index is -0.481. The standard InChI is InChI=1S/C25H33N3O2/c1-25(2,3)24(30)28(16-18-9-7-6-8-10-18)17-20-15-21(13-14-22(20)27(4)5)26-23(29)19-11-12-19/h6-10,13-15,19H,11-12,16-17H2,1-5H3,(H,26,29). The summed E-state index contributed by atoms with van der Waals surface area (Å²) in [4.78, 5) is 29.4. The normalized spacial score (nSPS) is 13.6. The Bertz CT molecular complexity index is 896. The van der Waals surface area contributed by atoms with Gasteiger partial charge in [-0.05, 0) is 42.2 Å². The first-order chi connectivity index (χ1) is 14.1. The zero-order chi connectivity index (χ0) is 21.9. The molecule has 2 amide bonds. The van der Waals surface area contributed by atoms with Crippen molar-refractivity contribution < 1.29 is 9.59 Å². The van der Waals surface area contributed by atoms with E-state index in [2.05, 4.69) is 5.32 Å². The average Bonchev–Trinajstić information content (AvgIpc) is 3.52. The van der Waals surface area contributed by atoms with Crippen molar-refractivity contribution in [1.82, 2.24) is 4.90 Å². The van der Waals surface area contributed by atoms with E-state index in [4.69, 9.17) is 0 Å². The molecular formula is C25H33N3O2. The molecule has 1 aliphatic carbocycles. The lowest BCUT2D eigenvalue weighted by Gasteiger charge is -2.31. The van der Waals surface area contributed by atoms with Crippen molar-refractivity contribution in [2.75, 3.05) is 24.3 Å². The Kier molecular flexibility index (Phi) is 6.49. The summed E-state index contributed by atoms with van der Waals surface area (Å²) in [6, 6.07) is 16.0. The highest BCUT2D eigenvalue weighted by atomic mass is 16.2. The Labute approximate surface area is 180 Å². The molecule has 0 aromatic heterocycles. The summed E-state index contributed by atoms with van der Waals surface area (Å²) in [7, 11) is 3.99. The zero-order valence-electron chi connectivity index (χ0n) is 18.7. The zero-order valence-corrected chi connectivity index (χ0v) is 18.7. The molecule has 0 heterocycles. The summed E-state index contributed by atoms with van der Waals surface area (Å²) in [6.07, 6.45) is 1.94. The van der Waals surface area contributed by atoms with Gasteiger partial charge in [0.2, 0.25) is 11.8 Å². The van der Waals surface area contributed by atoms with Crippen LogP contribution in [0.4, 0.5) is 11.4 Å². The number of amides is 2. The second kappa shape index (κ2) is 8.90. The molecule has 5 nitrogen and oxygen atoms in total. The van der Waals surface area contributed by atoms with Gasteiger partial charge in [0.25, 0.3) is 0 Å². The summed E-state index contributed by atoms with van der Waals surface area (Å²) in [5.74, 6) is 0.341. The number of benzene rings is 2. The highest BCUT2D eigenvalue weighted by molar-refractivity contribution is 5.94. The first-order valence-corrected chi connectivity index (χ1v) is 10.6. The largest absolute Gasteiger partial charge is 0.377 e. The van der Waals surface area contributed by atoms with Crippen LogP contribution in [0.3, 0.4) is 0 Å². The van der Waals surface area contributed by atoms with Crippen LogP contribution in [0.25, 0.3) is 0 Å². The third-order valence-electron chi connectivity index (χ3n) is 5.28. The molecule has 5 heteroatoms. The van der Waals surface area contributed by atoms with Crippen molar-refractivity contribution in [2.45, 2.75) is 46.7 Å². The molecule has 2 aromatic carbocycles. The molecule has 0 spiro atoms. The Morgan fingerprint density at radius 2 is 1.67 bits per heavy atom. The van der Waals surface area contributed by atoms with Gasteiger partial charge in [-0.15, -0.1) is 0 Å². The van der Waals surface area contributed by atoms with E-state index in [9.17, 15) is 9.59 Å². The third kappa shape index (κ3) is 5.62. The maximum Gasteiger partial charge on any atom is 0.228 e. The van der Waals surface area contributed by atoms with Crippen LogP contribution < -0.4 is 10.2 Å². The molecule has 1 saturated carbocycles. The van der Waals surface area contributed by atoms with Gasteiger partial charge in [-0.2, -0.15) is 0 Å². The molecule has 0 atom stereocenters. The first kappa shape index (κ1) is 21.9. The average molecular weight is 408 g/mol. The lowest BCUT2D eigenvalue weighted by Crippen LogP contribution is -2.38. The number of carbonyl (C=O) groups excluding carboxylic acids is 2. The Hall–Kier alpha value is -2.82. The summed E-state index contributed by atoms with van der Waals surface area (Å²) in [5.41, 5.74) is 3.46. The number of rotatable bonds is 7. The molecule has 2 aromatic rings. The Morgan fingerprint density at radius 1 is 1.00 bits per heavy atom. The van der Waals surface area contributed by atoms with Crippen molar-refractivity contribution in [3.63, 3.8) is 0 Å². The smallest absolute Gasteiger partial charge is 0.228 e. The van der Waals surface area contributed by atoms with Crippen LogP contribution in [0.15, 0.2) is 48.5 Å². The molecule has 0 saturated heterocycles. The van der Waals surface area contributed by atoms with E-state index in [1.165, 1.54) is 0 Å². The highest BCUT2D eigenvalue weighted by Gasteiger charge is 2.30. The molecule has 160 valence electrons. The van der Waals surface area contributed by atoms with E-state index in [0.717, 1.165) is 35.3 Å². The van der Waals surface area contributed by atoms with Gasteiger partial charge in [-0.1, -0.05) is 51.1 Å². The number of anilines is 2. The highest BCUT2D eigenvalue weighted by Crippen LogP contribution is 2.32. The molecule has 3 rings (SSSR count). The van der Waals surface area contributed by atoms with Crippen molar-refractivity contribution in [3.8, 4) is 0 Å². The van der Waals surface area contributed by atoms with E-state index in [0.29, 0.717) is 13.1 Å².